The van der Waals surface area contributed by atoms with E-state index in [4.69, 9.17) is 13.9 Å². The van der Waals surface area contributed by atoms with Gasteiger partial charge in [-0.2, -0.15) is 0 Å². The van der Waals surface area contributed by atoms with E-state index in [1.54, 1.807) is 49.6 Å². The SMILES string of the molecule is COc1ccc2c(CC(=O)O[C@H](C)C(=O)Nc3ccc(NC(C)=O)cc3)coc2c1. The Bertz CT molecular complexity index is 1070. The van der Waals surface area contributed by atoms with Gasteiger partial charge >= 0.3 is 5.97 Å². The Kier molecular flexibility index (Phi) is 6.36. The number of anilines is 2. The van der Waals surface area contributed by atoms with Crippen molar-refractivity contribution in [2.45, 2.75) is 26.4 Å². The summed E-state index contributed by atoms with van der Waals surface area (Å²) in [6, 6.07) is 11.9. The lowest BCUT2D eigenvalue weighted by atomic mass is 10.1. The van der Waals surface area contributed by atoms with Crippen LogP contribution in [0, 0.1) is 0 Å². The Morgan fingerprint density at radius 3 is 2.33 bits per heavy atom. The highest BCUT2D eigenvalue weighted by atomic mass is 16.5. The number of rotatable bonds is 7. The molecule has 0 aliphatic rings. The fourth-order valence-electron chi connectivity index (χ4n) is 2.86. The third-order valence-corrected chi connectivity index (χ3v) is 4.35. The predicted molar refractivity (Wildman–Crippen MR) is 111 cm³/mol. The highest BCUT2D eigenvalue weighted by Crippen LogP contribution is 2.26. The zero-order valence-corrected chi connectivity index (χ0v) is 16.9. The first-order valence-corrected chi connectivity index (χ1v) is 9.28. The number of hydrogen-bond acceptors (Lipinski definition) is 6. The van der Waals surface area contributed by atoms with Gasteiger partial charge in [0.1, 0.15) is 11.3 Å². The zero-order valence-electron chi connectivity index (χ0n) is 16.9. The topological polar surface area (TPSA) is 107 Å². The number of methoxy groups -OCH3 is 1. The number of nitrogens with one attached hydrogen (secondary N) is 2. The van der Waals surface area contributed by atoms with Crippen LogP contribution in [0.2, 0.25) is 0 Å². The van der Waals surface area contributed by atoms with Crippen molar-refractivity contribution < 1.29 is 28.3 Å². The summed E-state index contributed by atoms with van der Waals surface area (Å²) in [5.74, 6) is -0.534. The lowest BCUT2D eigenvalue weighted by molar-refractivity contribution is -0.152. The van der Waals surface area contributed by atoms with Gasteiger partial charge in [0.2, 0.25) is 5.91 Å². The minimum absolute atomic E-state index is 0.0254. The van der Waals surface area contributed by atoms with Gasteiger partial charge < -0.3 is 24.5 Å². The third kappa shape index (κ3) is 5.16. The van der Waals surface area contributed by atoms with E-state index in [9.17, 15) is 14.4 Å². The van der Waals surface area contributed by atoms with Crippen LogP contribution >= 0.6 is 0 Å². The maximum atomic E-state index is 12.3. The van der Waals surface area contributed by atoms with Gasteiger partial charge in [0.25, 0.3) is 5.91 Å². The number of benzene rings is 2. The third-order valence-electron chi connectivity index (χ3n) is 4.35. The van der Waals surface area contributed by atoms with E-state index < -0.39 is 18.0 Å². The molecule has 0 aliphatic carbocycles. The molecule has 1 heterocycles. The van der Waals surface area contributed by atoms with Gasteiger partial charge in [-0.25, -0.2) is 0 Å². The summed E-state index contributed by atoms with van der Waals surface area (Å²) < 4.78 is 15.9. The van der Waals surface area contributed by atoms with Crippen LogP contribution in [0.1, 0.15) is 19.4 Å². The number of furan rings is 1. The Balaban J connectivity index is 1.56. The van der Waals surface area contributed by atoms with Crippen molar-refractivity contribution in [2.24, 2.45) is 0 Å². The van der Waals surface area contributed by atoms with Crippen LogP contribution in [-0.2, 0) is 25.5 Å². The Labute approximate surface area is 173 Å². The molecule has 0 unspecified atom stereocenters. The molecular formula is C22H22N2O6. The molecule has 0 saturated heterocycles. The second-order valence-electron chi connectivity index (χ2n) is 6.68. The Morgan fingerprint density at radius 2 is 1.70 bits per heavy atom. The van der Waals surface area contributed by atoms with Crippen molar-refractivity contribution in [1.29, 1.82) is 0 Å². The molecule has 0 bridgehead atoms. The van der Waals surface area contributed by atoms with E-state index >= 15 is 0 Å². The highest BCUT2D eigenvalue weighted by molar-refractivity contribution is 5.96. The lowest BCUT2D eigenvalue weighted by Crippen LogP contribution is -2.30. The molecule has 0 radical (unpaired) electrons. The molecule has 2 N–H and O–H groups in total. The van der Waals surface area contributed by atoms with Gasteiger partial charge in [-0.05, 0) is 43.3 Å². The molecule has 156 valence electrons. The standard InChI is InChI=1S/C22H22N2O6/c1-13(22(27)24-17-6-4-16(5-7-17)23-14(2)25)30-21(26)10-15-12-29-20-11-18(28-3)8-9-19(15)20/h4-9,11-13H,10H2,1-3H3,(H,23,25)(H,24,27)/t13-/m1/s1. The first-order valence-electron chi connectivity index (χ1n) is 9.28. The molecule has 8 heteroatoms. The van der Waals surface area contributed by atoms with Gasteiger partial charge in [-0.1, -0.05) is 0 Å². The summed E-state index contributed by atoms with van der Waals surface area (Å²) in [6.45, 7) is 2.91. The van der Waals surface area contributed by atoms with Gasteiger partial charge in [0.05, 0.1) is 19.8 Å². The molecule has 2 aromatic carbocycles. The largest absolute Gasteiger partial charge is 0.497 e. The normalized spacial score (nSPS) is 11.6. The average Bonchev–Trinajstić information content (AvgIpc) is 3.10. The minimum Gasteiger partial charge on any atom is -0.497 e. The molecule has 30 heavy (non-hydrogen) atoms. The molecule has 0 saturated carbocycles. The minimum atomic E-state index is -0.981. The molecular weight excluding hydrogens is 388 g/mol. The van der Waals surface area contributed by atoms with E-state index in [1.165, 1.54) is 20.1 Å². The first kappa shape index (κ1) is 20.9. The monoisotopic (exact) mass is 410 g/mol. The highest BCUT2D eigenvalue weighted by Gasteiger charge is 2.20. The summed E-state index contributed by atoms with van der Waals surface area (Å²) in [6.07, 6.45) is 0.487. The van der Waals surface area contributed by atoms with Crippen molar-refractivity contribution in [3.8, 4) is 5.75 Å². The second kappa shape index (κ2) is 9.13. The van der Waals surface area contributed by atoms with Crippen molar-refractivity contribution in [3.63, 3.8) is 0 Å². The molecule has 0 aliphatic heterocycles. The lowest BCUT2D eigenvalue weighted by Gasteiger charge is -2.13. The molecule has 8 nitrogen and oxygen atoms in total. The Morgan fingerprint density at radius 1 is 1.03 bits per heavy atom. The number of fused-ring (bicyclic) bond motifs is 1. The van der Waals surface area contributed by atoms with Crippen molar-refractivity contribution in [1.82, 2.24) is 0 Å². The van der Waals surface area contributed by atoms with E-state index in [-0.39, 0.29) is 12.3 Å². The number of carbonyl (C=O) groups is 3. The predicted octanol–water partition coefficient (Wildman–Crippen LogP) is 3.51. The summed E-state index contributed by atoms with van der Waals surface area (Å²) in [4.78, 5) is 35.6. The summed E-state index contributed by atoms with van der Waals surface area (Å²) in [5.41, 5.74) is 2.40. The van der Waals surface area contributed by atoms with Crippen molar-refractivity contribution in [2.75, 3.05) is 17.7 Å². The van der Waals surface area contributed by atoms with Gasteiger partial charge in [-0.3, -0.25) is 14.4 Å². The molecule has 3 aromatic rings. The summed E-state index contributed by atoms with van der Waals surface area (Å²) in [7, 11) is 1.56. The smallest absolute Gasteiger partial charge is 0.311 e. The summed E-state index contributed by atoms with van der Waals surface area (Å²) >= 11 is 0. The van der Waals surface area contributed by atoms with Crippen LogP contribution in [-0.4, -0.2) is 31.0 Å². The second-order valence-corrected chi connectivity index (χ2v) is 6.68. The fraction of sp³-hybridized carbons (Fsp3) is 0.227. The maximum absolute atomic E-state index is 12.3. The maximum Gasteiger partial charge on any atom is 0.311 e. The number of amides is 2. The van der Waals surface area contributed by atoms with E-state index in [2.05, 4.69) is 10.6 Å². The summed E-state index contributed by atoms with van der Waals surface area (Å²) in [5, 5.41) is 6.09. The van der Waals surface area contributed by atoms with Gasteiger partial charge in [-0.15, -0.1) is 0 Å². The number of esters is 1. The molecule has 1 aromatic heterocycles. The number of ether oxygens (including phenoxy) is 2. The van der Waals surface area contributed by atoms with E-state index in [0.29, 0.717) is 28.3 Å². The van der Waals surface area contributed by atoms with Crippen molar-refractivity contribution in [3.05, 3.63) is 54.3 Å². The Hall–Kier alpha value is -3.81. The zero-order chi connectivity index (χ0) is 21.7. The van der Waals surface area contributed by atoms with Crippen LogP contribution in [0.25, 0.3) is 11.0 Å². The van der Waals surface area contributed by atoms with Crippen LogP contribution in [0.5, 0.6) is 5.75 Å². The van der Waals surface area contributed by atoms with Crippen LogP contribution in [0.3, 0.4) is 0 Å². The van der Waals surface area contributed by atoms with Crippen molar-refractivity contribution >= 4 is 40.1 Å². The quantitative estimate of drug-likeness (QED) is 0.577. The first-order chi connectivity index (χ1) is 14.4. The van der Waals surface area contributed by atoms with Gasteiger partial charge in [0, 0.05) is 35.3 Å². The molecule has 1 atom stereocenters. The van der Waals surface area contributed by atoms with E-state index in [0.717, 1.165) is 5.39 Å². The molecule has 0 spiro atoms. The van der Waals surface area contributed by atoms with Crippen LogP contribution < -0.4 is 15.4 Å². The van der Waals surface area contributed by atoms with Crippen LogP contribution in [0.4, 0.5) is 11.4 Å². The fourth-order valence-corrected chi connectivity index (χ4v) is 2.86. The number of hydrogen-bond donors (Lipinski definition) is 2. The molecule has 3 rings (SSSR count). The van der Waals surface area contributed by atoms with Crippen LogP contribution in [0.15, 0.2) is 53.1 Å². The van der Waals surface area contributed by atoms with Gasteiger partial charge in [0.15, 0.2) is 6.10 Å². The number of carbonyl (C=O) groups excluding carboxylic acids is 3. The molecule has 0 fully saturated rings. The van der Waals surface area contributed by atoms with E-state index in [1.807, 2.05) is 0 Å². The molecule has 2 amide bonds. The average molecular weight is 410 g/mol.